The SMILES string of the molecule is N#Cc1nc(N)[nH]c1N. The van der Waals surface area contributed by atoms with E-state index in [1.807, 2.05) is 0 Å². The summed E-state index contributed by atoms with van der Waals surface area (Å²) in [6.45, 7) is 0. The highest BCUT2D eigenvalue weighted by molar-refractivity contribution is 5.48. The van der Waals surface area contributed by atoms with E-state index in [1.54, 1.807) is 6.07 Å². The Balaban J connectivity index is 3.20. The maximum atomic E-state index is 8.26. The number of hydrogen-bond acceptors (Lipinski definition) is 4. The van der Waals surface area contributed by atoms with Gasteiger partial charge >= 0.3 is 0 Å². The quantitative estimate of drug-likeness (QED) is 0.430. The van der Waals surface area contributed by atoms with Gasteiger partial charge in [-0.3, -0.25) is 0 Å². The molecule has 5 nitrogen and oxygen atoms in total. The number of nitrogen functional groups attached to an aromatic ring is 2. The van der Waals surface area contributed by atoms with Crippen molar-refractivity contribution in [1.29, 1.82) is 5.26 Å². The van der Waals surface area contributed by atoms with E-state index in [0.29, 0.717) is 0 Å². The Labute approximate surface area is 51.3 Å². The van der Waals surface area contributed by atoms with E-state index in [4.69, 9.17) is 16.7 Å². The predicted molar refractivity (Wildman–Crippen MR) is 32.1 cm³/mol. The van der Waals surface area contributed by atoms with Crippen LogP contribution in [-0.4, -0.2) is 9.97 Å². The Hall–Kier alpha value is -1.70. The molecule has 0 unspecified atom stereocenters. The average molecular weight is 123 g/mol. The Morgan fingerprint density at radius 1 is 1.56 bits per heavy atom. The van der Waals surface area contributed by atoms with Gasteiger partial charge in [-0.25, -0.2) is 4.98 Å². The fourth-order valence-electron chi connectivity index (χ4n) is 0.491. The number of nitriles is 1. The molecule has 0 radical (unpaired) electrons. The number of imidazole rings is 1. The number of aromatic amines is 1. The van der Waals surface area contributed by atoms with Gasteiger partial charge in [0.05, 0.1) is 0 Å². The molecule has 9 heavy (non-hydrogen) atoms. The summed E-state index contributed by atoms with van der Waals surface area (Å²) in [5.74, 6) is 0.388. The minimum atomic E-state index is 0.146. The minimum absolute atomic E-state index is 0.146. The lowest BCUT2D eigenvalue weighted by atomic mass is 10.5. The topological polar surface area (TPSA) is 105 Å². The van der Waals surface area contributed by atoms with Gasteiger partial charge in [0, 0.05) is 0 Å². The second-order valence-corrected chi connectivity index (χ2v) is 1.50. The third kappa shape index (κ3) is 0.770. The Morgan fingerprint density at radius 2 is 2.22 bits per heavy atom. The van der Waals surface area contributed by atoms with Gasteiger partial charge in [-0.1, -0.05) is 0 Å². The summed E-state index contributed by atoms with van der Waals surface area (Å²) in [6, 6.07) is 1.77. The molecular weight excluding hydrogens is 118 g/mol. The first kappa shape index (κ1) is 5.44. The number of nitrogens with two attached hydrogens (primary N) is 2. The number of nitrogens with one attached hydrogen (secondary N) is 1. The van der Waals surface area contributed by atoms with Gasteiger partial charge in [0.25, 0.3) is 0 Å². The van der Waals surface area contributed by atoms with Gasteiger partial charge in [-0.2, -0.15) is 5.26 Å². The Bertz CT molecular complexity index is 254. The van der Waals surface area contributed by atoms with Crippen LogP contribution in [-0.2, 0) is 0 Å². The second kappa shape index (κ2) is 1.67. The number of aromatic nitrogens is 2. The standard InChI is InChI=1S/C4H5N5/c5-1-2-3(6)9-4(7)8-2/h6H2,(H3,7,8,9). The molecule has 0 aromatic carbocycles. The van der Waals surface area contributed by atoms with Gasteiger partial charge < -0.3 is 16.5 Å². The smallest absolute Gasteiger partial charge is 0.200 e. The third-order valence-electron chi connectivity index (χ3n) is 0.856. The van der Waals surface area contributed by atoms with E-state index < -0.39 is 0 Å². The molecule has 1 heterocycles. The maximum absolute atomic E-state index is 8.26. The van der Waals surface area contributed by atoms with Crippen molar-refractivity contribution in [2.24, 2.45) is 0 Å². The lowest BCUT2D eigenvalue weighted by Crippen LogP contribution is -1.87. The molecule has 1 aromatic rings. The Kier molecular flexibility index (Phi) is 1.01. The zero-order chi connectivity index (χ0) is 6.85. The van der Waals surface area contributed by atoms with Crippen molar-refractivity contribution in [3.05, 3.63) is 5.69 Å². The number of nitrogens with zero attached hydrogens (tertiary/aromatic N) is 2. The monoisotopic (exact) mass is 123 g/mol. The van der Waals surface area contributed by atoms with Gasteiger partial charge in [0.1, 0.15) is 11.9 Å². The number of anilines is 2. The van der Waals surface area contributed by atoms with Gasteiger partial charge in [-0.15, -0.1) is 0 Å². The van der Waals surface area contributed by atoms with Crippen LogP contribution in [0.15, 0.2) is 0 Å². The molecule has 0 bridgehead atoms. The lowest BCUT2D eigenvalue weighted by Gasteiger charge is -1.78. The van der Waals surface area contributed by atoms with Crippen molar-refractivity contribution in [2.75, 3.05) is 11.5 Å². The molecule has 0 saturated heterocycles. The van der Waals surface area contributed by atoms with Crippen molar-refractivity contribution in [2.45, 2.75) is 0 Å². The van der Waals surface area contributed by atoms with Crippen LogP contribution in [0.4, 0.5) is 11.8 Å². The Morgan fingerprint density at radius 3 is 2.44 bits per heavy atom. The van der Waals surface area contributed by atoms with E-state index in [2.05, 4.69) is 9.97 Å². The molecule has 5 heteroatoms. The molecule has 0 amide bonds. The highest BCUT2D eigenvalue weighted by Crippen LogP contribution is 2.05. The highest BCUT2D eigenvalue weighted by Gasteiger charge is 2.01. The summed E-state index contributed by atoms with van der Waals surface area (Å²) in [7, 11) is 0. The van der Waals surface area contributed by atoms with E-state index in [0.717, 1.165) is 0 Å². The van der Waals surface area contributed by atoms with Crippen LogP contribution in [0.5, 0.6) is 0 Å². The summed E-state index contributed by atoms with van der Waals surface area (Å²) < 4.78 is 0. The van der Waals surface area contributed by atoms with E-state index in [1.165, 1.54) is 0 Å². The van der Waals surface area contributed by atoms with Crippen LogP contribution in [0.25, 0.3) is 0 Å². The highest BCUT2D eigenvalue weighted by atomic mass is 15.1. The van der Waals surface area contributed by atoms with Crippen LogP contribution in [0.2, 0.25) is 0 Å². The van der Waals surface area contributed by atoms with Crippen molar-refractivity contribution in [3.63, 3.8) is 0 Å². The first-order valence-corrected chi connectivity index (χ1v) is 2.25. The third-order valence-corrected chi connectivity index (χ3v) is 0.856. The first-order chi connectivity index (χ1) is 4.24. The fraction of sp³-hybridized carbons (Fsp3) is 0. The summed E-state index contributed by atoms with van der Waals surface area (Å²) in [5.41, 5.74) is 10.5. The van der Waals surface area contributed by atoms with E-state index in [-0.39, 0.29) is 17.5 Å². The zero-order valence-corrected chi connectivity index (χ0v) is 4.55. The maximum Gasteiger partial charge on any atom is 0.200 e. The molecule has 1 aromatic heterocycles. The number of hydrogen-bond donors (Lipinski definition) is 3. The molecule has 0 atom stereocenters. The normalized spacial score (nSPS) is 8.78. The van der Waals surface area contributed by atoms with Crippen molar-refractivity contribution in [1.82, 2.24) is 9.97 Å². The largest absolute Gasteiger partial charge is 0.383 e. The molecule has 0 aliphatic heterocycles. The second-order valence-electron chi connectivity index (χ2n) is 1.50. The van der Waals surface area contributed by atoms with Gasteiger partial charge in [0.2, 0.25) is 0 Å². The number of H-pyrrole nitrogens is 1. The van der Waals surface area contributed by atoms with Crippen LogP contribution >= 0.6 is 0 Å². The summed E-state index contributed by atoms with van der Waals surface area (Å²) >= 11 is 0. The first-order valence-electron chi connectivity index (χ1n) is 2.25. The van der Waals surface area contributed by atoms with Crippen molar-refractivity contribution < 1.29 is 0 Å². The minimum Gasteiger partial charge on any atom is -0.383 e. The molecule has 5 N–H and O–H groups in total. The fourth-order valence-corrected chi connectivity index (χ4v) is 0.491. The lowest BCUT2D eigenvalue weighted by molar-refractivity contribution is 1.31. The van der Waals surface area contributed by atoms with Crippen molar-refractivity contribution >= 4 is 11.8 Å². The van der Waals surface area contributed by atoms with Crippen LogP contribution < -0.4 is 11.5 Å². The molecule has 1 rings (SSSR count). The molecule has 0 fully saturated rings. The van der Waals surface area contributed by atoms with Crippen LogP contribution in [0, 0.1) is 11.3 Å². The van der Waals surface area contributed by atoms with Gasteiger partial charge in [0.15, 0.2) is 11.6 Å². The average Bonchev–Trinajstić information content (AvgIpc) is 2.10. The summed E-state index contributed by atoms with van der Waals surface area (Å²) in [6.07, 6.45) is 0. The van der Waals surface area contributed by atoms with Crippen LogP contribution in [0.3, 0.4) is 0 Å². The van der Waals surface area contributed by atoms with Gasteiger partial charge in [-0.05, 0) is 0 Å². The van der Waals surface area contributed by atoms with E-state index in [9.17, 15) is 0 Å². The summed E-state index contributed by atoms with van der Waals surface area (Å²) in [4.78, 5) is 6.05. The van der Waals surface area contributed by atoms with Crippen LogP contribution in [0.1, 0.15) is 5.69 Å². The zero-order valence-electron chi connectivity index (χ0n) is 4.55. The molecule has 0 aliphatic rings. The molecule has 46 valence electrons. The predicted octanol–water partition coefficient (Wildman–Crippen LogP) is -0.554. The molecule has 0 spiro atoms. The number of rotatable bonds is 0. The molecule has 0 aliphatic carbocycles. The summed E-state index contributed by atoms with van der Waals surface area (Å²) in [5, 5.41) is 8.26. The van der Waals surface area contributed by atoms with E-state index >= 15 is 0 Å². The van der Waals surface area contributed by atoms with Crippen molar-refractivity contribution in [3.8, 4) is 6.07 Å². The molecule has 0 saturated carbocycles. The molecular formula is C4H5N5.